The van der Waals surface area contributed by atoms with Crippen LogP contribution in [0.3, 0.4) is 0 Å². The van der Waals surface area contributed by atoms with Gasteiger partial charge in [0.15, 0.2) is 11.5 Å². The minimum atomic E-state index is -0.550. The normalized spacial score (nSPS) is 15.2. The van der Waals surface area contributed by atoms with Gasteiger partial charge in [-0.25, -0.2) is 4.79 Å². The van der Waals surface area contributed by atoms with Crippen molar-refractivity contribution in [2.45, 2.75) is 12.8 Å². The predicted molar refractivity (Wildman–Crippen MR) is 137 cm³/mol. The summed E-state index contributed by atoms with van der Waals surface area (Å²) in [7, 11) is 0. The molecule has 3 heterocycles. The van der Waals surface area contributed by atoms with Crippen LogP contribution in [0.5, 0.6) is 11.5 Å². The van der Waals surface area contributed by atoms with Crippen LogP contribution < -0.4 is 25.4 Å². The lowest BCUT2D eigenvalue weighted by Gasteiger charge is -2.36. The van der Waals surface area contributed by atoms with Crippen LogP contribution in [0.25, 0.3) is 14.9 Å². The Morgan fingerprint density at radius 3 is 2.76 bits per heavy atom. The van der Waals surface area contributed by atoms with Gasteiger partial charge in [-0.3, -0.25) is 10.2 Å². The molecule has 1 saturated heterocycles. The van der Waals surface area contributed by atoms with Crippen LogP contribution in [0.15, 0.2) is 42.5 Å². The minimum Gasteiger partial charge on any atom is -0.454 e. The molecule has 0 saturated carbocycles. The molecule has 0 spiro atoms. The Morgan fingerprint density at radius 2 is 1.91 bits per heavy atom. The summed E-state index contributed by atoms with van der Waals surface area (Å²) in [4.78, 5) is 20.4. The molecule has 2 aliphatic heterocycles. The average Bonchev–Trinajstić information content (AvgIpc) is 3.46. The zero-order valence-corrected chi connectivity index (χ0v) is 19.8. The van der Waals surface area contributed by atoms with Gasteiger partial charge in [0, 0.05) is 49.1 Å². The first-order valence-electron chi connectivity index (χ1n) is 11.5. The van der Waals surface area contributed by atoms with E-state index in [0.717, 1.165) is 84.3 Å². The standard InChI is InChI=1S/C25H27N5O3S/c26-25(31)28-24-14-19-13-18(3-6-23(19)34-24)16-27-7-1-2-8-29-9-11-30(12-10-29)20-4-5-21-22(15-20)33-17-32-21/h3-6,13-15H,1-2,7-12,17H2,(H2-,26,28,31)/p+1. The number of benzene rings is 2. The molecule has 9 heteroatoms. The van der Waals surface area contributed by atoms with E-state index in [1.165, 1.54) is 17.0 Å². The van der Waals surface area contributed by atoms with Crippen molar-refractivity contribution in [1.82, 2.24) is 4.90 Å². The summed E-state index contributed by atoms with van der Waals surface area (Å²) in [5, 5.41) is 4.42. The highest BCUT2D eigenvalue weighted by atomic mass is 32.1. The Labute approximate surface area is 202 Å². The highest BCUT2D eigenvalue weighted by Gasteiger charge is 2.20. The topological polar surface area (TPSA) is 84.4 Å². The molecule has 0 radical (unpaired) electrons. The van der Waals surface area contributed by atoms with Gasteiger partial charge in [-0.15, -0.1) is 11.3 Å². The summed E-state index contributed by atoms with van der Waals surface area (Å²) < 4.78 is 12.0. The quantitative estimate of drug-likeness (QED) is 0.513. The Morgan fingerprint density at radius 1 is 1.06 bits per heavy atom. The predicted octanol–water partition coefficient (Wildman–Crippen LogP) is 4.40. The van der Waals surface area contributed by atoms with Crippen molar-refractivity contribution in [3.05, 3.63) is 52.9 Å². The van der Waals surface area contributed by atoms with E-state index in [4.69, 9.17) is 15.2 Å². The van der Waals surface area contributed by atoms with Crippen LogP contribution in [-0.4, -0.2) is 57.0 Å². The number of urea groups is 1. The third-order valence-corrected chi connectivity index (χ3v) is 7.09. The molecule has 0 bridgehead atoms. The second-order valence-electron chi connectivity index (χ2n) is 8.42. The summed E-state index contributed by atoms with van der Waals surface area (Å²) >= 11 is 1.50. The Kier molecular flexibility index (Phi) is 6.70. The number of nitrogens with one attached hydrogen (secondary N) is 1. The maximum atomic E-state index is 11.0. The molecule has 0 atom stereocenters. The highest BCUT2D eigenvalue weighted by molar-refractivity contribution is 7.22. The van der Waals surface area contributed by atoms with Crippen molar-refractivity contribution in [2.75, 3.05) is 56.3 Å². The maximum Gasteiger partial charge on any atom is 0.317 e. The Hall–Kier alpha value is -3.48. The summed E-state index contributed by atoms with van der Waals surface area (Å²) in [5.74, 6) is 1.68. The molecule has 34 heavy (non-hydrogen) atoms. The number of ether oxygens (including phenoxy) is 2. The third kappa shape index (κ3) is 5.35. The number of carbonyl (C=O) groups excluding carboxylic acids is 1. The first-order valence-corrected chi connectivity index (χ1v) is 12.4. The first-order chi connectivity index (χ1) is 16.6. The van der Waals surface area contributed by atoms with Gasteiger partial charge in [0.05, 0.1) is 5.00 Å². The van der Waals surface area contributed by atoms with Gasteiger partial charge in [0.25, 0.3) is 6.54 Å². The van der Waals surface area contributed by atoms with Crippen molar-refractivity contribution in [3.63, 3.8) is 0 Å². The number of hydrogen-bond acceptors (Lipinski definition) is 6. The van der Waals surface area contributed by atoms with Crippen molar-refractivity contribution >= 4 is 38.1 Å². The zero-order valence-electron chi connectivity index (χ0n) is 19.0. The molecule has 5 rings (SSSR count). The van der Waals surface area contributed by atoms with Crippen LogP contribution in [0.1, 0.15) is 18.4 Å². The number of thiophene rings is 1. The number of carbonyl (C=O) groups is 1. The molecule has 0 aliphatic carbocycles. The largest absolute Gasteiger partial charge is 0.454 e. The lowest BCUT2D eigenvalue weighted by molar-refractivity contribution is 0.174. The van der Waals surface area contributed by atoms with Crippen molar-refractivity contribution in [3.8, 4) is 17.6 Å². The molecule has 3 aromatic rings. The number of piperazine rings is 1. The van der Waals surface area contributed by atoms with Crippen LogP contribution in [0.2, 0.25) is 0 Å². The maximum absolute atomic E-state index is 11.0. The summed E-state index contributed by atoms with van der Waals surface area (Å²) in [5.41, 5.74) is 7.34. The van der Waals surface area contributed by atoms with Crippen LogP contribution in [0.4, 0.5) is 15.5 Å². The average molecular weight is 479 g/mol. The fourth-order valence-electron chi connectivity index (χ4n) is 4.28. The van der Waals surface area contributed by atoms with E-state index in [2.05, 4.69) is 38.2 Å². The van der Waals surface area contributed by atoms with E-state index < -0.39 is 6.03 Å². The molecular formula is C25H28N5O3S+. The smallest absolute Gasteiger partial charge is 0.317 e. The third-order valence-electron chi connectivity index (χ3n) is 6.06. The van der Waals surface area contributed by atoms with E-state index in [9.17, 15) is 4.79 Å². The highest BCUT2D eigenvalue weighted by Crippen LogP contribution is 2.35. The minimum absolute atomic E-state index is 0.315. The van der Waals surface area contributed by atoms with E-state index in [1.54, 1.807) is 0 Å². The molecule has 1 fully saturated rings. The zero-order chi connectivity index (χ0) is 23.3. The molecule has 0 unspecified atom stereocenters. The number of anilines is 2. The number of primary amides is 1. The van der Waals surface area contributed by atoms with Crippen LogP contribution in [0, 0.1) is 6.07 Å². The van der Waals surface area contributed by atoms with Gasteiger partial charge >= 0.3 is 12.1 Å². The van der Waals surface area contributed by atoms with Crippen molar-refractivity contribution in [1.29, 1.82) is 0 Å². The number of amides is 2. The van der Waals surface area contributed by atoms with E-state index in [0.29, 0.717) is 6.79 Å². The Bertz CT molecular complexity index is 1240. The monoisotopic (exact) mass is 478 g/mol. The summed E-state index contributed by atoms with van der Waals surface area (Å²) in [6.45, 7) is 6.36. The van der Waals surface area contributed by atoms with Gasteiger partial charge in [-0.1, -0.05) is 4.85 Å². The molecule has 1 aromatic heterocycles. The molecule has 8 nitrogen and oxygen atoms in total. The van der Waals surface area contributed by atoms with Gasteiger partial charge in [0.1, 0.15) is 5.56 Å². The van der Waals surface area contributed by atoms with Gasteiger partial charge in [-0.05, 0) is 54.8 Å². The van der Waals surface area contributed by atoms with E-state index in [-0.39, 0.29) is 0 Å². The second-order valence-corrected chi connectivity index (χ2v) is 9.50. The summed E-state index contributed by atoms with van der Waals surface area (Å²) in [6.07, 6.45) is 2.17. The molecule has 176 valence electrons. The number of hydrogen-bond donors (Lipinski definition) is 2. The SMILES string of the molecule is NC(=O)Nc1cc2cc(C#[N+]CCCCN3CCN(c4ccc5c(c4)OCO5)CC3)ccc2s1. The van der Waals surface area contributed by atoms with Crippen LogP contribution in [-0.2, 0) is 0 Å². The first kappa shape index (κ1) is 22.3. The van der Waals surface area contributed by atoms with Crippen molar-refractivity contribution < 1.29 is 14.3 Å². The molecule has 2 amide bonds. The molecular weight excluding hydrogens is 450 g/mol. The fourth-order valence-corrected chi connectivity index (χ4v) is 5.23. The Balaban J connectivity index is 1.03. The number of fused-ring (bicyclic) bond motifs is 2. The fraction of sp³-hybridized carbons (Fsp3) is 0.360. The van der Waals surface area contributed by atoms with Gasteiger partial charge in [0.2, 0.25) is 6.79 Å². The molecule has 2 aliphatic rings. The lowest BCUT2D eigenvalue weighted by Crippen LogP contribution is -2.46. The number of rotatable bonds is 6. The number of nitrogens with zero attached hydrogens (tertiary/aromatic N) is 3. The molecule has 2 aromatic carbocycles. The lowest BCUT2D eigenvalue weighted by atomic mass is 10.2. The van der Waals surface area contributed by atoms with Gasteiger partial charge in [-0.2, -0.15) is 0 Å². The number of unbranched alkanes of at least 4 members (excludes halogenated alkanes) is 1. The van der Waals surface area contributed by atoms with E-state index in [1.807, 2.05) is 30.3 Å². The van der Waals surface area contributed by atoms with E-state index >= 15 is 0 Å². The van der Waals surface area contributed by atoms with Crippen LogP contribution >= 0.6 is 11.3 Å². The molecule has 3 N–H and O–H groups in total. The van der Waals surface area contributed by atoms with Gasteiger partial charge < -0.3 is 20.1 Å². The second kappa shape index (κ2) is 10.2. The number of nitrogens with two attached hydrogens (primary N) is 1. The van der Waals surface area contributed by atoms with Crippen molar-refractivity contribution in [2.24, 2.45) is 5.73 Å². The summed E-state index contributed by atoms with van der Waals surface area (Å²) in [6, 6.07) is 16.8.